The Hall–Kier alpha value is -1.07. The summed E-state index contributed by atoms with van der Waals surface area (Å²) in [5.74, 6) is 0.693. The maximum Gasteiger partial charge on any atom is 0.148 e. The molecule has 0 saturated heterocycles. The average Bonchev–Trinajstić information content (AvgIpc) is 2.82. The number of aliphatic hydroxyl groups excluding tert-OH is 1. The highest BCUT2D eigenvalue weighted by atomic mass is 35.5. The molecule has 0 fully saturated rings. The lowest BCUT2D eigenvalue weighted by Gasteiger charge is -2.21. The Bertz CT molecular complexity index is 542. The van der Waals surface area contributed by atoms with E-state index in [9.17, 15) is 0 Å². The number of halogens is 1. The lowest BCUT2D eigenvalue weighted by molar-refractivity contribution is 0.183. The van der Waals surface area contributed by atoms with Crippen LogP contribution in [-0.2, 0) is 6.61 Å². The average molecular weight is 298 g/mol. The molecule has 5 heteroatoms. The molecule has 2 aromatic rings. The second-order valence-electron chi connectivity index (χ2n) is 4.34. The molecular weight excluding hydrogens is 282 g/mol. The quantitative estimate of drug-likeness (QED) is 0.890. The predicted octanol–water partition coefficient (Wildman–Crippen LogP) is 3.36. The number of rotatable bonds is 5. The lowest BCUT2D eigenvalue weighted by Crippen LogP contribution is -2.28. The number of hydrogen-bond acceptors (Lipinski definition) is 4. The highest BCUT2D eigenvalue weighted by Gasteiger charge is 2.20. The van der Waals surface area contributed by atoms with Gasteiger partial charge in [-0.25, -0.2) is 0 Å². The Labute approximate surface area is 121 Å². The molecule has 2 atom stereocenters. The van der Waals surface area contributed by atoms with Gasteiger partial charge in [-0.2, -0.15) is 0 Å². The minimum atomic E-state index is -0.244. The minimum Gasteiger partial charge on any atom is -0.483 e. The van der Waals surface area contributed by atoms with Crippen molar-refractivity contribution in [3.63, 3.8) is 0 Å². The molecule has 0 radical (unpaired) electrons. The highest BCUT2D eigenvalue weighted by Crippen LogP contribution is 2.32. The molecule has 0 spiro atoms. The summed E-state index contributed by atoms with van der Waals surface area (Å²) in [7, 11) is 0. The zero-order chi connectivity index (χ0) is 13.8. The third-order valence-electron chi connectivity index (χ3n) is 2.70. The first-order chi connectivity index (χ1) is 9.10. The van der Waals surface area contributed by atoms with E-state index in [1.165, 1.54) is 11.3 Å². The maximum atomic E-state index is 9.13. The summed E-state index contributed by atoms with van der Waals surface area (Å²) in [6.45, 7) is 1.89. The minimum absolute atomic E-state index is 0.00905. The maximum absolute atomic E-state index is 9.13. The molecule has 3 N–H and O–H groups in total. The van der Waals surface area contributed by atoms with Crippen LogP contribution >= 0.6 is 22.9 Å². The van der Waals surface area contributed by atoms with Crippen molar-refractivity contribution >= 4 is 22.9 Å². The summed E-state index contributed by atoms with van der Waals surface area (Å²) in [4.78, 5) is 0.995. The van der Waals surface area contributed by atoms with Crippen LogP contribution in [0.1, 0.15) is 23.5 Å². The number of ether oxygens (including phenoxy) is 1. The van der Waals surface area contributed by atoms with Crippen LogP contribution in [0.15, 0.2) is 36.4 Å². The predicted molar refractivity (Wildman–Crippen MR) is 78.7 cm³/mol. The fourth-order valence-corrected chi connectivity index (χ4v) is 2.98. The van der Waals surface area contributed by atoms with Gasteiger partial charge in [0.05, 0.1) is 10.9 Å². The van der Waals surface area contributed by atoms with Crippen LogP contribution in [0, 0.1) is 0 Å². The Morgan fingerprint density at radius 3 is 2.74 bits per heavy atom. The zero-order valence-corrected chi connectivity index (χ0v) is 12.1. The van der Waals surface area contributed by atoms with E-state index in [4.69, 9.17) is 27.2 Å². The fourth-order valence-electron chi connectivity index (χ4n) is 1.77. The van der Waals surface area contributed by atoms with E-state index in [0.29, 0.717) is 10.1 Å². The topological polar surface area (TPSA) is 55.5 Å². The molecule has 0 saturated carbocycles. The largest absolute Gasteiger partial charge is 0.483 e. The molecule has 2 unspecified atom stereocenters. The van der Waals surface area contributed by atoms with E-state index < -0.39 is 0 Å². The molecule has 2 rings (SSSR count). The van der Waals surface area contributed by atoms with Crippen molar-refractivity contribution < 1.29 is 9.84 Å². The molecule has 0 bridgehead atoms. The Morgan fingerprint density at radius 2 is 2.16 bits per heavy atom. The second kappa shape index (κ2) is 6.39. The first-order valence-electron chi connectivity index (χ1n) is 5.97. The van der Waals surface area contributed by atoms with Crippen LogP contribution in [0.4, 0.5) is 0 Å². The Kier molecular flexibility index (Phi) is 4.82. The van der Waals surface area contributed by atoms with Crippen molar-refractivity contribution in [2.45, 2.75) is 25.7 Å². The number of aliphatic hydroxyl groups is 1. The van der Waals surface area contributed by atoms with Gasteiger partial charge < -0.3 is 15.6 Å². The van der Waals surface area contributed by atoms with Gasteiger partial charge in [-0.05, 0) is 36.8 Å². The molecule has 1 heterocycles. The highest BCUT2D eigenvalue weighted by molar-refractivity contribution is 7.16. The number of benzene rings is 1. The molecule has 1 aromatic heterocycles. The van der Waals surface area contributed by atoms with Crippen molar-refractivity contribution in [3.8, 4) is 5.75 Å². The van der Waals surface area contributed by atoms with Gasteiger partial charge in [0.15, 0.2) is 0 Å². The summed E-state index contributed by atoms with van der Waals surface area (Å²) < 4.78 is 6.65. The molecule has 0 aliphatic rings. The van der Waals surface area contributed by atoms with E-state index in [1.54, 1.807) is 0 Å². The van der Waals surface area contributed by atoms with Gasteiger partial charge in [0.25, 0.3) is 0 Å². The molecular formula is C14H16ClNO2S. The molecule has 0 aliphatic heterocycles. The first kappa shape index (κ1) is 14.3. The van der Waals surface area contributed by atoms with Crippen LogP contribution < -0.4 is 10.5 Å². The molecule has 1 aromatic carbocycles. The van der Waals surface area contributed by atoms with Gasteiger partial charge in [-0.15, -0.1) is 11.3 Å². The van der Waals surface area contributed by atoms with Crippen molar-refractivity contribution in [1.82, 2.24) is 0 Å². The van der Waals surface area contributed by atoms with Gasteiger partial charge >= 0.3 is 0 Å². The fraction of sp³-hybridized carbons (Fsp3) is 0.286. The molecule has 102 valence electrons. The van der Waals surface area contributed by atoms with Crippen LogP contribution in [-0.4, -0.2) is 11.1 Å². The zero-order valence-electron chi connectivity index (χ0n) is 10.5. The Morgan fingerprint density at radius 1 is 1.37 bits per heavy atom. The molecule has 3 nitrogen and oxygen atoms in total. The van der Waals surface area contributed by atoms with Crippen LogP contribution in [0.3, 0.4) is 0 Å². The number of thiophene rings is 1. The summed E-state index contributed by atoms with van der Waals surface area (Å²) in [6.07, 6.45) is -0.244. The van der Waals surface area contributed by atoms with Crippen molar-refractivity contribution in [1.29, 1.82) is 0 Å². The molecule has 19 heavy (non-hydrogen) atoms. The van der Waals surface area contributed by atoms with Gasteiger partial charge in [-0.1, -0.05) is 23.7 Å². The van der Waals surface area contributed by atoms with Crippen LogP contribution in [0.5, 0.6) is 5.75 Å². The SMILES string of the molecule is CC(N)C(Oc1cccc(CO)c1)c1ccc(Cl)s1. The third kappa shape index (κ3) is 3.70. The van der Waals surface area contributed by atoms with Crippen molar-refractivity contribution in [2.24, 2.45) is 5.73 Å². The summed E-state index contributed by atoms with van der Waals surface area (Å²) in [5, 5.41) is 9.13. The standard InChI is InChI=1S/C14H16ClNO2S/c1-9(16)14(12-5-6-13(15)19-12)18-11-4-2-3-10(7-11)8-17/h2-7,9,14,17H,8,16H2,1H3. The number of nitrogens with two attached hydrogens (primary N) is 1. The van der Waals surface area contributed by atoms with Crippen molar-refractivity contribution in [3.05, 3.63) is 51.2 Å². The monoisotopic (exact) mass is 297 g/mol. The van der Waals surface area contributed by atoms with Crippen LogP contribution in [0.2, 0.25) is 4.34 Å². The van der Waals surface area contributed by atoms with Crippen molar-refractivity contribution in [2.75, 3.05) is 0 Å². The van der Waals surface area contributed by atoms with Gasteiger partial charge in [-0.3, -0.25) is 0 Å². The summed E-state index contributed by atoms with van der Waals surface area (Å²) in [5.41, 5.74) is 6.80. The lowest BCUT2D eigenvalue weighted by atomic mass is 10.1. The molecule has 0 amide bonds. The van der Waals surface area contributed by atoms with Gasteiger partial charge in [0.1, 0.15) is 11.9 Å². The summed E-state index contributed by atoms with van der Waals surface area (Å²) in [6, 6.07) is 11.0. The van der Waals surface area contributed by atoms with E-state index in [1.807, 2.05) is 43.3 Å². The first-order valence-corrected chi connectivity index (χ1v) is 7.17. The number of hydrogen-bond donors (Lipinski definition) is 2. The van der Waals surface area contributed by atoms with Crippen LogP contribution in [0.25, 0.3) is 0 Å². The van der Waals surface area contributed by atoms with E-state index in [0.717, 1.165) is 10.4 Å². The second-order valence-corrected chi connectivity index (χ2v) is 6.09. The van der Waals surface area contributed by atoms with E-state index in [2.05, 4.69) is 0 Å². The van der Waals surface area contributed by atoms with E-state index in [-0.39, 0.29) is 18.8 Å². The van der Waals surface area contributed by atoms with Gasteiger partial charge in [0.2, 0.25) is 0 Å². The Balaban J connectivity index is 2.21. The molecule has 0 aliphatic carbocycles. The smallest absolute Gasteiger partial charge is 0.148 e. The summed E-state index contributed by atoms with van der Waals surface area (Å²) >= 11 is 7.41. The third-order valence-corrected chi connectivity index (χ3v) is 3.99. The normalized spacial score (nSPS) is 14.1. The van der Waals surface area contributed by atoms with Gasteiger partial charge in [0, 0.05) is 10.9 Å². The van der Waals surface area contributed by atoms with E-state index >= 15 is 0 Å².